The van der Waals surface area contributed by atoms with Crippen LogP contribution in [0.2, 0.25) is 0 Å². The molecule has 1 unspecified atom stereocenters. The van der Waals surface area contributed by atoms with E-state index in [1.807, 2.05) is 0 Å². The number of carbonyl (C=O) groups is 2. The Bertz CT molecular complexity index is 760. The number of ether oxygens (including phenoxy) is 4. The zero-order valence-corrected chi connectivity index (χ0v) is 18.0. The average Bonchev–Trinajstić information content (AvgIpc) is 3.07. The van der Waals surface area contributed by atoms with Crippen LogP contribution in [0.15, 0.2) is 24.3 Å². The van der Waals surface area contributed by atoms with E-state index in [0.29, 0.717) is 11.3 Å². The molecule has 1 aliphatic heterocycles. The predicted molar refractivity (Wildman–Crippen MR) is 105 cm³/mol. The Hall–Kier alpha value is -2.49. The zero-order valence-electron chi connectivity index (χ0n) is 18.0. The van der Waals surface area contributed by atoms with Crippen LogP contribution in [0.1, 0.15) is 39.2 Å². The van der Waals surface area contributed by atoms with Crippen molar-refractivity contribution >= 4 is 12.1 Å². The molecule has 7 nitrogen and oxygen atoms in total. The van der Waals surface area contributed by atoms with Crippen LogP contribution >= 0.6 is 0 Å². The maximum Gasteiger partial charge on any atom is 0.408 e. The first kappa shape index (κ1) is 24.8. The van der Waals surface area contributed by atoms with Gasteiger partial charge >= 0.3 is 18.2 Å². The highest BCUT2D eigenvalue weighted by atomic mass is 19.4. The van der Waals surface area contributed by atoms with Crippen LogP contribution in [0.5, 0.6) is 5.75 Å². The zero-order chi connectivity index (χ0) is 23.3. The van der Waals surface area contributed by atoms with Gasteiger partial charge in [0.25, 0.3) is 0 Å². The molecule has 10 heteroatoms. The van der Waals surface area contributed by atoms with Gasteiger partial charge in [-0.15, -0.1) is 0 Å². The number of halogens is 3. The minimum absolute atomic E-state index is 0.0117. The van der Waals surface area contributed by atoms with E-state index in [0.717, 1.165) is 0 Å². The minimum Gasteiger partial charge on any atom is -0.494 e. The SMILES string of the molecule is COC(=O)C1COC[C@@]1(NC(=O)OC(C)(C)C)c1ccc(OCCCC(F)(F)F)cc1. The number of nitrogens with one attached hydrogen (secondary N) is 1. The Labute approximate surface area is 179 Å². The van der Waals surface area contributed by atoms with Crippen molar-refractivity contribution in [2.24, 2.45) is 5.92 Å². The topological polar surface area (TPSA) is 83.1 Å². The third-order valence-corrected chi connectivity index (χ3v) is 4.66. The smallest absolute Gasteiger partial charge is 0.408 e. The van der Waals surface area contributed by atoms with Gasteiger partial charge in [-0.2, -0.15) is 13.2 Å². The lowest BCUT2D eigenvalue weighted by atomic mass is 9.80. The summed E-state index contributed by atoms with van der Waals surface area (Å²) in [5.74, 6) is -1.00. The number of esters is 1. The predicted octanol–water partition coefficient (Wildman–Crippen LogP) is 3.95. The fraction of sp³-hybridized carbons (Fsp3) is 0.619. The highest BCUT2D eigenvalue weighted by Crippen LogP contribution is 2.37. The summed E-state index contributed by atoms with van der Waals surface area (Å²) in [5.41, 5.74) is -1.43. The molecule has 0 radical (unpaired) electrons. The average molecular weight is 447 g/mol. The Morgan fingerprint density at radius 1 is 1.19 bits per heavy atom. The van der Waals surface area contributed by atoms with E-state index in [1.165, 1.54) is 7.11 Å². The highest BCUT2D eigenvalue weighted by Gasteiger charge is 2.51. The molecule has 0 saturated carbocycles. The lowest BCUT2D eigenvalue weighted by Crippen LogP contribution is -2.54. The highest BCUT2D eigenvalue weighted by molar-refractivity contribution is 5.78. The molecule has 1 saturated heterocycles. The molecule has 1 aromatic rings. The summed E-state index contributed by atoms with van der Waals surface area (Å²) < 4.78 is 57.8. The van der Waals surface area contributed by atoms with E-state index in [1.54, 1.807) is 45.0 Å². The number of amides is 1. The van der Waals surface area contributed by atoms with Gasteiger partial charge in [0, 0.05) is 6.42 Å². The van der Waals surface area contributed by atoms with Gasteiger partial charge in [-0.05, 0) is 44.9 Å². The van der Waals surface area contributed by atoms with Crippen molar-refractivity contribution in [1.29, 1.82) is 0 Å². The van der Waals surface area contributed by atoms with Gasteiger partial charge < -0.3 is 24.3 Å². The van der Waals surface area contributed by atoms with Gasteiger partial charge in [-0.3, -0.25) is 4.79 Å². The van der Waals surface area contributed by atoms with Crippen LogP contribution in [0.3, 0.4) is 0 Å². The van der Waals surface area contributed by atoms with Crippen LogP contribution in [-0.2, 0) is 24.5 Å². The van der Waals surface area contributed by atoms with Gasteiger partial charge in [0.05, 0.1) is 26.9 Å². The van der Waals surface area contributed by atoms with Gasteiger partial charge in [0.15, 0.2) is 0 Å². The van der Waals surface area contributed by atoms with Crippen molar-refractivity contribution in [3.8, 4) is 5.75 Å². The van der Waals surface area contributed by atoms with Crippen molar-refractivity contribution in [1.82, 2.24) is 5.32 Å². The second-order valence-electron chi connectivity index (χ2n) is 8.28. The van der Waals surface area contributed by atoms with E-state index in [2.05, 4.69) is 5.32 Å². The molecule has 1 fully saturated rings. The monoisotopic (exact) mass is 447 g/mol. The summed E-state index contributed by atoms with van der Waals surface area (Å²) in [5, 5.41) is 2.77. The van der Waals surface area contributed by atoms with Crippen LogP contribution in [0.25, 0.3) is 0 Å². The molecule has 0 spiro atoms. The van der Waals surface area contributed by atoms with Gasteiger partial charge in [-0.1, -0.05) is 12.1 Å². The molecule has 2 rings (SSSR count). The Balaban J connectivity index is 2.20. The quantitative estimate of drug-likeness (QED) is 0.504. The summed E-state index contributed by atoms with van der Waals surface area (Å²) in [4.78, 5) is 24.9. The van der Waals surface area contributed by atoms with Gasteiger partial charge in [-0.25, -0.2) is 4.79 Å². The molecule has 2 atom stereocenters. The summed E-state index contributed by atoms with van der Waals surface area (Å²) >= 11 is 0. The van der Waals surface area contributed by atoms with Crippen LogP contribution in [0, 0.1) is 5.92 Å². The molecular weight excluding hydrogens is 419 g/mol. The van der Waals surface area contributed by atoms with Gasteiger partial charge in [0.2, 0.25) is 0 Å². The molecule has 1 amide bonds. The molecule has 31 heavy (non-hydrogen) atoms. The van der Waals surface area contributed by atoms with E-state index in [4.69, 9.17) is 18.9 Å². The number of carbonyl (C=O) groups excluding carboxylic acids is 2. The first-order valence-electron chi connectivity index (χ1n) is 9.83. The molecule has 1 aromatic carbocycles. The molecule has 0 bridgehead atoms. The normalized spacial score (nSPS) is 21.5. The van der Waals surface area contributed by atoms with Crippen LogP contribution in [0.4, 0.5) is 18.0 Å². The molecule has 0 aliphatic carbocycles. The first-order chi connectivity index (χ1) is 14.4. The number of methoxy groups -OCH3 is 1. The molecule has 1 N–H and O–H groups in total. The standard InChI is InChI=1S/C21H28F3NO6/c1-19(2,3)31-18(27)25-20(13-29-12-16(20)17(26)28-4)14-6-8-15(9-7-14)30-11-5-10-21(22,23)24/h6-9,16H,5,10-13H2,1-4H3,(H,25,27)/t16?,20-/m1/s1. The molecule has 1 aliphatic rings. The largest absolute Gasteiger partial charge is 0.494 e. The number of rotatable bonds is 7. The fourth-order valence-electron chi connectivity index (χ4n) is 3.27. The summed E-state index contributed by atoms with van der Waals surface area (Å²) in [7, 11) is 1.25. The maximum atomic E-state index is 12.5. The van der Waals surface area contributed by atoms with E-state index < -0.39 is 41.7 Å². The number of hydrogen-bond acceptors (Lipinski definition) is 6. The van der Waals surface area contributed by atoms with Crippen molar-refractivity contribution in [2.45, 2.75) is 50.9 Å². The van der Waals surface area contributed by atoms with Crippen LogP contribution in [-0.4, -0.2) is 50.8 Å². The third-order valence-electron chi connectivity index (χ3n) is 4.66. The van der Waals surface area contributed by atoms with E-state index in [9.17, 15) is 22.8 Å². The number of alkyl halides is 3. The van der Waals surface area contributed by atoms with E-state index in [-0.39, 0.29) is 26.2 Å². The fourth-order valence-corrected chi connectivity index (χ4v) is 3.27. The number of benzene rings is 1. The lowest BCUT2D eigenvalue weighted by molar-refractivity contribution is -0.147. The Morgan fingerprint density at radius 3 is 2.39 bits per heavy atom. The summed E-state index contributed by atoms with van der Waals surface area (Å²) in [6.45, 7) is 5.11. The van der Waals surface area contributed by atoms with E-state index >= 15 is 0 Å². The van der Waals surface area contributed by atoms with Crippen LogP contribution < -0.4 is 10.1 Å². The summed E-state index contributed by atoms with van der Waals surface area (Å²) in [6.07, 6.45) is -6.03. The van der Waals surface area contributed by atoms with Crippen molar-refractivity contribution in [3.05, 3.63) is 29.8 Å². The lowest BCUT2D eigenvalue weighted by Gasteiger charge is -2.34. The second kappa shape index (κ2) is 9.76. The van der Waals surface area contributed by atoms with Gasteiger partial charge in [0.1, 0.15) is 22.8 Å². The van der Waals surface area contributed by atoms with Crippen molar-refractivity contribution < 1.29 is 41.7 Å². The van der Waals surface area contributed by atoms with Crippen molar-refractivity contribution in [3.63, 3.8) is 0 Å². The molecular formula is C21H28F3NO6. The minimum atomic E-state index is -4.22. The Morgan fingerprint density at radius 2 is 1.84 bits per heavy atom. The second-order valence-corrected chi connectivity index (χ2v) is 8.28. The third kappa shape index (κ3) is 7.02. The van der Waals surface area contributed by atoms with Crippen molar-refractivity contribution in [2.75, 3.05) is 26.9 Å². The first-order valence-corrected chi connectivity index (χ1v) is 9.83. The molecule has 174 valence electrons. The number of alkyl carbamates (subject to hydrolysis) is 1. The summed E-state index contributed by atoms with van der Waals surface area (Å²) in [6, 6.07) is 6.38. The Kier molecular flexibility index (Phi) is 7.80. The molecule has 0 aromatic heterocycles. The maximum absolute atomic E-state index is 12.5. The number of hydrogen-bond donors (Lipinski definition) is 1. The molecule has 1 heterocycles.